The van der Waals surface area contributed by atoms with Gasteiger partial charge in [-0.05, 0) is 40.5 Å². The quantitative estimate of drug-likeness (QED) is 0.779. The zero-order valence-corrected chi connectivity index (χ0v) is 15.3. The lowest BCUT2D eigenvalue weighted by atomic mass is 9.93. The molecule has 26 heavy (non-hydrogen) atoms. The van der Waals surface area contributed by atoms with E-state index in [4.69, 9.17) is 4.74 Å². The highest BCUT2D eigenvalue weighted by atomic mass is 19.1. The average Bonchev–Trinajstić information content (AvgIpc) is 2.49. The summed E-state index contributed by atoms with van der Waals surface area (Å²) >= 11 is 0. The van der Waals surface area contributed by atoms with Gasteiger partial charge in [-0.3, -0.25) is 4.79 Å². The van der Waals surface area contributed by atoms with Gasteiger partial charge in [-0.15, -0.1) is 0 Å². The van der Waals surface area contributed by atoms with Crippen molar-refractivity contribution in [3.8, 4) is 5.75 Å². The first kappa shape index (κ1) is 19.9. The first-order valence-electron chi connectivity index (χ1n) is 8.46. The Balaban J connectivity index is 2.09. The topological polar surface area (TPSA) is 78.9 Å². The fourth-order valence-electron chi connectivity index (χ4n) is 2.80. The molecule has 0 saturated carbocycles. The van der Waals surface area contributed by atoms with Crippen LogP contribution >= 0.6 is 0 Å². The number of hydrogen-bond donors (Lipinski definition) is 2. The van der Waals surface area contributed by atoms with Crippen molar-refractivity contribution in [2.75, 3.05) is 11.9 Å². The summed E-state index contributed by atoms with van der Waals surface area (Å²) in [4.78, 5) is 26.3. The fraction of sp³-hybridized carbons (Fsp3) is 0.556. The van der Waals surface area contributed by atoms with Gasteiger partial charge in [-0.25, -0.2) is 13.6 Å². The molecular weight excluding hydrogens is 346 g/mol. The van der Waals surface area contributed by atoms with Crippen molar-refractivity contribution in [3.63, 3.8) is 0 Å². The molecule has 2 rings (SSSR count). The number of phenols is 1. The molecule has 1 saturated heterocycles. The summed E-state index contributed by atoms with van der Waals surface area (Å²) < 4.78 is 32.2. The Kier molecular flexibility index (Phi) is 5.73. The number of rotatable bonds is 2. The Hall–Kier alpha value is -2.38. The van der Waals surface area contributed by atoms with Gasteiger partial charge in [0.1, 0.15) is 22.9 Å². The Bertz CT molecular complexity index is 680. The minimum absolute atomic E-state index is 0.0927. The molecule has 2 amide bonds. The van der Waals surface area contributed by atoms with Crippen LogP contribution in [0.25, 0.3) is 0 Å². The molecule has 0 spiro atoms. The minimum Gasteiger partial charge on any atom is -0.506 e. The molecule has 0 unspecified atom stereocenters. The largest absolute Gasteiger partial charge is 0.506 e. The highest BCUT2D eigenvalue weighted by Crippen LogP contribution is 2.30. The number of anilines is 1. The number of nitrogens with zero attached hydrogens (tertiary/aromatic N) is 1. The summed E-state index contributed by atoms with van der Waals surface area (Å²) in [5, 5.41) is 11.9. The van der Waals surface area contributed by atoms with Crippen molar-refractivity contribution in [2.24, 2.45) is 5.92 Å². The van der Waals surface area contributed by atoms with Crippen LogP contribution < -0.4 is 5.32 Å². The van der Waals surface area contributed by atoms with Gasteiger partial charge in [0, 0.05) is 24.7 Å². The van der Waals surface area contributed by atoms with E-state index < -0.39 is 46.6 Å². The zero-order valence-electron chi connectivity index (χ0n) is 15.3. The SMILES string of the molecule is C[C@@H]1CC[C@@H](C(=O)Nc2c(O)cc(F)cc2F)CN1C(=O)OC(C)(C)C. The van der Waals surface area contributed by atoms with E-state index in [2.05, 4.69) is 5.32 Å². The van der Waals surface area contributed by atoms with Gasteiger partial charge >= 0.3 is 6.09 Å². The van der Waals surface area contributed by atoms with Crippen molar-refractivity contribution >= 4 is 17.7 Å². The van der Waals surface area contributed by atoms with Gasteiger partial charge in [-0.1, -0.05) is 0 Å². The smallest absolute Gasteiger partial charge is 0.410 e. The van der Waals surface area contributed by atoms with Gasteiger partial charge in [-0.2, -0.15) is 0 Å². The molecular formula is C18H24F2N2O4. The average molecular weight is 370 g/mol. The maximum absolute atomic E-state index is 13.8. The van der Waals surface area contributed by atoms with E-state index >= 15 is 0 Å². The van der Waals surface area contributed by atoms with E-state index in [1.54, 1.807) is 20.8 Å². The second-order valence-electron chi connectivity index (χ2n) is 7.53. The highest BCUT2D eigenvalue weighted by molar-refractivity contribution is 5.94. The molecule has 1 fully saturated rings. The number of carbonyl (C=O) groups is 2. The molecule has 1 aliphatic heterocycles. The van der Waals surface area contributed by atoms with Gasteiger partial charge in [0.15, 0.2) is 5.82 Å². The van der Waals surface area contributed by atoms with Crippen LogP contribution in [0.15, 0.2) is 12.1 Å². The first-order chi connectivity index (χ1) is 12.0. The van der Waals surface area contributed by atoms with Crippen LogP contribution in [-0.4, -0.2) is 40.2 Å². The summed E-state index contributed by atoms with van der Waals surface area (Å²) in [6, 6.07) is 1.20. The summed E-state index contributed by atoms with van der Waals surface area (Å²) in [5.41, 5.74) is -1.13. The lowest BCUT2D eigenvalue weighted by molar-refractivity contribution is -0.121. The highest BCUT2D eigenvalue weighted by Gasteiger charge is 2.35. The number of benzene rings is 1. The van der Waals surface area contributed by atoms with E-state index in [0.29, 0.717) is 25.0 Å². The van der Waals surface area contributed by atoms with Crippen LogP contribution in [0.5, 0.6) is 5.75 Å². The van der Waals surface area contributed by atoms with E-state index in [-0.39, 0.29) is 12.6 Å². The lowest BCUT2D eigenvalue weighted by Gasteiger charge is -2.38. The number of nitrogens with one attached hydrogen (secondary N) is 1. The lowest BCUT2D eigenvalue weighted by Crippen LogP contribution is -2.49. The van der Waals surface area contributed by atoms with E-state index in [9.17, 15) is 23.5 Å². The maximum Gasteiger partial charge on any atom is 0.410 e. The third kappa shape index (κ3) is 4.83. The van der Waals surface area contributed by atoms with Gasteiger partial charge in [0.25, 0.3) is 0 Å². The molecule has 1 aliphatic rings. The number of halogens is 2. The molecule has 0 radical (unpaired) electrons. The number of aromatic hydroxyl groups is 1. The summed E-state index contributed by atoms with van der Waals surface area (Å²) in [6.45, 7) is 7.24. The molecule has 1 aromatic carbocycles. The van der Waals surface area contributed by atoms with Crippen LogP contribution in [0, 0.1) is 17.6 Å². The van der Waals surface area contributed by atoms with E-state index in [0.717, 1.165) is 0 Å². The number of piperidine rings is 1. The Morgan fingerprint density at radius 3 is 2.50 bits per heavy atom. The number of ether oxygens (including phenoxy) is 1. The van der Waals surface area contributed by atoms with Crippen LogP contribution in [0.1, 0.15) is 40.5 Å². The summed E-state index contributed by atoms with van der Waals surface area (Å²) in [7, 11) is 0. The Morgan fingerprint density at radius 2 is 1.92 bits per heavy atom. The number of amides is 2. The van der Waals surface area contributed by atoms with Crippen molar-refractivity contribution in [3.05, 3.63) is 23.8 Å². The number of carbonyl (C=O) groups excluding carboxylic acids is 2. The van der Waals surface area contributed by atoms with Crippen LogP contribution in [-0.2, 0) is 9.53 Å². The summed E-state index contributed by atoms with van der Waals surface area (Å²) in [5.74, 6) is -3.84. The second kappa shape index (κ2) is 7.47. The molecule has 144 valence electrons. The van der Waals surface area contributed by atoms with Gasteiger partial charge in [0.05, 0.1) is 5.92 Å². The third-order valence-corrected chi connectivity index (χ3v) is 4.16. The molecule has 2 N–H and O–H groups in total. The monoisotopic (exact) mass is 370 g/mol. The van der Waals surface area contributed by atoms with Crippen molar-refractivity contribution in [1.82, 2.24) is 4.90 Å². The predicted molar refractivity (Wildman–Crippen MR) is 91.8 cm³/mol. The normalized spacial score (nSPS) is 20.6. The first-order valence-corrected chi connectivity index (χ1v) is 8.46. The maximum atomic E-state index is 13.8. The zero-order chi connectivity index (χ0) is 19.6. The molecule has 0 aliphatic carbocycles. The number of likely N-dealkylation sites (tertiary alicyclic amines) is 1. The Labute approximate surface area is 151 Å². The molecule has 0 bridgehead atoms. The predicted octanol–water partition coefficient (Wildman–Crippen LogP) is 3.64. The molecule has 6 nitrogen and oxygen atoms in total. The van der Waals surface area contributed by atoms with Crippen LogP contribution in [0.3, 0.4) is 0 Å². The van der Waals surface area contributed by atoms with Gasteiger partial charge < -0.3 is 20.1 Å². The summed E-state index contributed by atoms with van der Waals surface area (Å²) in [6.07, 6.45) is 0.559. The molecule has 2 atom stereocenters. The molecule has 1 heterocycles. The third-order valence-electron chi connectivity index (χ3n) is 4.16. The van der Waals surface area contributed by atoms with Crippen molar-refractivity contribution in [1.29, 1.82) is 0 Å². The Morgan fingerprint density at radius 1 is 1.27 bits per heavy atom. The van der Waals surface area contributed by atoms with Crippen molar-refractivity contribution < 1.29 is 28.2 Å². The second-order valence-corrected chi connectivity index (χ2v) is 7.53. The van der Waals surface area contributed by atoms with Crippen molar-refractivity contribution in [2.45, 2.75) is 52.2 Å². The molecule has 1 aromatic rings. The number of phenolic OH excluding ortho intramolecular Hbond substituents is 1. The number of hydrogen-bond acceptors (Lipinski definition) is 4. The minimum atomic E-state index is -1.07. The molecule has 8 heteroatoms. The van der Waals surface area contributed by atoms with Gasteiger partial charge in [0.2, 0.25) is 5.91 Å². The van der Waals surface area contributed by atoms with E-state index in [1.165, 1.54) is 4.90 Å². The van der Waals surface area contributed by atoms with E-state index in [1.807, 2.05) is 6.92 Å². The van der Waals surface area contributed by atoms with Crippen LogP contribution in [0.2, 0.25) is 0 Å². The fourth-order valence-corrected chi connectivity index (χ4v) is 2.80. The standard InChI is InChI=1S/C18H24F2N2O4/c1-10-5-6-11(9-22(10)17(25)26-18(2,3)4)16(24)21-15-13(20)7-12(19)8-14(15)23/h7-8,10-11,23H,5-6,9H2,1-4H3,(H,21,24)/t10-,11-/m1/s1. The molecule has 0 aromatic heterocycles. The van der Waals surface area contributed by atoms with Crippen LogP contribution in [0.4, 0.5) is 19.3 Å².